The molecule has 1 N–H and O–H groups in total. The number of methoxy groups -OCH3 is 1. The zero-order valence-electron chi connectivity index (χ0n) is 15.8. The van der Waals surface area contributed by atoms with Gasteiger partial charge in [-0.05, 0) is 50.8 Å². The molecule has 0 bridgehead atoms. The maximum Gasteiger partial charge on any atom is 0.125 e. The van der Waals surface area contributed by atoms with Crippen molar-refractivity contribution in [1.82, 2.24) is 5.32 Å². The summed E-state index contributed by atoms with van der Waals surface area (Å²) in [5.74, 6) is 1.60. The molecule has 3 heteroatoms. The number of nitrogens with one attached hydrogen (secondary N) is 1. The van der Waals surface area contributed by atoms with Crippen molar-refractivity contribution in [2.45, 2.75) is 71.9 Å². The van der Waals surface area contributed by atoms with Gasteiger partial charge in [-0.2, -0.15) is 0 Å². The summed E-state index contributed by atoms with van der Waals surface area (Å²) in [4.78, 5) is 2.60. The number of fused-ring (bicyclic) bond motifs is 1. The van der Waals surface area contributed by atoms with Gasteiger partial charge >= 0.3 is 0 Å². The van der Waals surface area contributed by atoms with Crippen LogP contribution in [-0.4, -0.2) is 25.7 Å². The summed E-state index contributed by atoms with van der Waals surface area (Å²) in [6.07, 6.45) is 3.67. The quantitative estimate of drug-likeness (QED) is 0.789. The van der Waals surface area contributed by atoms with E-state index in [1.54, 1.807) is 7.11 Å². The molecule has 0 radical (unpaired) electrons. The summed E-state index contributed by atoms with van der Waals surface area (Å²) in [5.41, 5.74) is 4.33. The summed E-state index contributed by atoms with van der Waals surface area (Å²) in [7, 11) is 1.78. The summed E-state index contributed by atoms with van der Waals surface area (Å²) >= 11 is 0. The zero-order chi connectivity index (χ0) is 17.0. The van der Waals surface area contributed by atoms with Crippen LogP contribution in [0.2, 0.25) is 0 Å². The van der Waals surface area contributed by atoms with Crippen molar-refractivity contribution in [2.24, 2.45) is 0 Å². The molecule has 130 valence electrons. The molecule has 2 rings (SSSR count). The van der Waals surface area contributed by atoms with Crippen LogP contribution in [0.3, 0.4) is 0 Å². The molecule has 0 saturated carbocycles. The topological polar surface area (TPSA) is 24.5 Å². The summed E-state index contributed by atoms with van der Waals surface area (Å²) in [5, 5.41) is 3.43. The minimum atomic E-state index is 0.204. The van der Waals surface area contributed by atoms with E-state index >= 15 is 0 Å². The van der Waals surface area contributed by atoms with Crippen LogP contribution < -0.4 is 15.0 Å². The third-order valence-corrected chi connectivity index (χ3v) is 5.09. The van der Waals surface area contributed by atoms with E-state index in [0.29, 0.717) is 5.92 Å². The van der Waals surface area contributed by atoms with Crippen molar-refractivity contribution in [3.63, 3.8) is 0 Å². The predicted molar refractivity (Wildman–Crippen MR) is 99.7 cm³/mol. The maximum absolute atomic E-state index is 5.70. The van der Waals surface area contributed by atoms with E-state index in [0.717, 1.165) is 25.4 Å². The largest absolute Gasteiger partial charge is 0.496 e. The van der Waals surface area contributed by atoms with Gasteiger partial charge in [0.05, 0.1) is 7.11 Å². The first-order valence-electron chi connectivity index (χ1n) is 9.13. The first-order valence-corrected chi connectivity index (χ1v) is 9.13. The fraction of sp³-hybridized carbons (Fsp3) is 0.700. The molecule has 1 aliphatic rings. The second kappa shape index (κ2) is 7.57. The van der Waals surface area contributed by atoms with Crippen LogP contribution in [0.15, 0.2) is 12.1 Å². The third-order valence-electron chi connectivity index (χ3n) is 5.09. The lowest BCUT2D eigenvalue weighted by atomic mass is 9.79. The van der Waals surface area contributed by atoms with Crippen LogP contribution in [0.5, 0.6) is 5.75 Å². The first-order chi connectivity index (χ1) is 10.9. The van der Waals surface area contributed by atoms with Crippen molar-refractivity contribution in [3.05, 3.63) is 23.3 Å². The van der Waals surface area contributed by atoms with Gasteiger partial charge < -0.3 is 15.0 Å². The summed E-state index contributed by atoms with van der Waals surface area (Å²) < 4.78 is 5.70. The van der Waals surface area contributed by atoms with Crippen LogP contribution in [0.1, 0.15) is 70.9 Å². The normalized spacial score (nSPS) is 19.6. The SMILES string of the molecule is CCCCN1c2cc(OC)c(CNCC)cc2C(C)CC1(C)C. The number of hydrogen-bond acceptors (Lipinski definition) is 3. The monoisotopic (exact) mass is 318 g/mol. The minimum Gasteiger partial charge on any atom is -0.496 e. The number of anilines is 1. The smallest absolute Gasteiger partial charge is 0.125 e. The van der Waals surface area contributed by atoms with E-state index in [-0.39, 0.29) is 5.54 Å². The maximum atomic E-state index is 5.70. The van der Waals surface area contributed by atoms with E-state index in [9.17, 15) is 0 Å². The van der Waals surface area contributed by atoms with Crippen molar-refractivity contribution >= 4 is 5.69 Å². The molecule has 1 atom stereocenters. The second-order valence-electron chi connectivity index (χ2n) is 7.43. The van der Waals surface area contributed by atoms with Gasteiger partial charge in [-0.25, -0.2) is 0 Å². The molecule has 0 saturated heterocycles. The number of hydrogen-bond donors (Lipinski definition) is 1. The Morgan fingerprint density at radius 2 is 2.04 bits per heavy atom. The number of rotatable bonds is 7. The zero-order valence-corrected chi connectivity index (χ0v) is 15.8. The average Bonchev–Trinajstić information content (AvgIpc) is 2.51. The standard InChI is InChI=1S/C20H34N2O/c1-7-9-10-22-18-12-19(23-6)16(14-21-8-2)11-17(18)15(3)13-20(22,4)5/h11-12,15,21H,7-10,13-14H2,1-6H3. The molecule has 1 unspecified atom stereocenters. The van der Waals surface area contributed by atoms with E-state index in [1.807, 2.05) is 0 Å². The molecule has 1 aliphatic heterocycles. The van der Waals surface area contributed by atoms with Crippen molar-refractivity contribution in [1.29, 1.82) is 0 Å². The third kappa shape index (κ3) is 3.82. The molecule has 1 heterocycles. The van der Waals surface area contributed by atoms with Crippen molar-refractivity contribution in [2.75, 3.05) is 25.1 Å². The van der Waals surface area contributed by atoms with Gasteiger partial charge in [0.25, 0.3) is 0 Å². The van der Waals surface area contributed by atoms with Gasteiger partial charge in [0.15, 0.2) is 0 Å². The Balaban J connectivity index is 2.46. The summed E-state index contributed by atoms with van der Waals surface area (Å²) in [6.45, 7) is 14.5. The van der Waals surface area contributed by atoms with Crippen LogP contribution in [0.4, 0.5) is 5.69 Å². The van der Waals surface area contributed by atoms with Gasteiger partial charge in [0.2, 0.25) is 0 Å². The van der Waals surface area contributed by atoms with Crippen LogP contribution in [0, 0.1) is 0 Å². The predicted octanol–water partition coefficient (Wildman–Crippen LogP) is 4.70. The van der Waals surface area contributed by atoms with Crippen molar-refractivity contribution < 1.29 is 4.74 Å². The molecule has 0 fully saturated rings. The lowest BCUT2D eigenvalue weighted by Crippen LogP contribution is -2.48. The number of nitrogens with zero attached hydrogens (tertiary/aromatic N) is 1. The van der Waals surface area contributed by atoms with Crippen molar-refractivity contribution in [3.8, 4) is 5.75 Å². The molecule has 0 amide bonds. The molecular formula is C20H34N2O. The molecule has 0 spiro atoms. The Kier molecular flexibility index (Phi) is 5.96. The number of ether oxygens (including phenoxy) is 1. The molecular weight excluding hydrogens is 284 g/mol. The molecule has 1 aromatic rings. The lowest BCUT2D eigenvalue weighted by molar-refractivity contribution is 0.369. The van der Waals surface area contributed by atoms with Gasteiger partial charge in [-0.15, -0.1) is 0 Å². The highest BCUT2D eigenvalue weighted by atomic mass is 16.5. The summed E-state index contributed by atoms with van der Waals surface area (Å²) in [6, 6.07) is 4.64. The molecule has 23 heavy (non-hydrogen) atoms. The van der Waals surface area contributed by atoms with E-state index < -0.39 is 0 Å². The Hall–Kier alpha value is -1.22. The fourth-order valence-corrected chi connectivity index (χ4v) is 3.88. The lowest BCUT2D eigenvalue weighted by Gasteiger charge is -2.48. The highest BCUT2D eigenvalue weighted by Crippen LogP contribution is 2.45. The Morgan fingerprint density at radius 3 is 2.65 bits per heavy atom. The van der Waals surface area contributed by atoms with Gasteiger partial charge in [-0.1, -0.05) is 27.2 Å². The molecule has 3 nitrogen and oxygen atoms in total. The van der Waals surface area contributed by atoms with Crippen LogP contribution in [-0.2, 0) is 6.54 Å². The van der Waals surface area contributed by atoms with E-state index in [2.05, 4.69) is 57.0 Å². The highest BCUT2D eigenvalue weighted by molar-refractivity contribution is 5.64. The highest BCUT2D eigenvalue weighted by Gasteiger charge is 2.36. The average molecular weight is 319 g/mol. The van der Waals surface area contributed by atoms with E-state index in [4.69, 9.17) is 4.74 Å². The minimum absolute atomic E-state index is 0.204. The van der Waals surface area contributed by atoms with Gasteiger partial charge in [0.1, 0.15) is 5.75 Å². The molecule has 0 aliphatic carbocycles. The van der Waals surface area contributed by atoms with Crippen LogP contribution in [0.25, 0.3) is 0 Å². The van der Waals surface area contributed by atoms with E-state index in [1.165, 1.54) is 36.1 Å². The number of benzene rings is 1. The molecule has 1 aromatic carbocycles. The first kappa shape index (κ1) is 18.1. The molecule has 0 aromatic heterocycles. The Morgan fingerprint density at radius 1 is 1.30 bits per heavy atom. The Labute approximate surface area is 142 Å². The second-order valence-corrected chi connectivity index (χ2v) is 7.43. The Bertz CT molecular complexity index is 525. The number of unbranched alkanes of at least 4 members (excludes halogenated alkanes) is 1. The van der Waals surface area contributed by atoms with Gasteiger partial charge in [-0.3, -0.25) is 0 Å². The van der Waals surface area contributed by atoms with Crippen LogP contribution >= 0.6 is 0 Å². The fourth-order valence-electron chi connectivity index (χ4n) is 3.88. The van der Waals surface area contributed by atoms with Gasteiger partial charge in [0, 0.05) is 35.9 Å².